The Kier molecular flexibility index (Phi) is 1.72. The number of aliphatic hydroxyl groups is 1. The number of amides is 1. The zero-order valence-electron chi connectivity index (χ0n) is 7.06. The molecule has 1 N–H and O–H groups in total. The van der Waals surface area contributed by atoms with E-state index in [0.717, 1.165) is 19.4 Å². The molecule has 0 aromatic heterocycles. The number of carbonyl (C=O) groups is 1. The molecule has 2 bridgehead atoms. The number of hydrogen-bond acceptors (Lipinski definition) is 3. The third-order valence-corrected chi connectivity index (χ3v) is 2.86. The van der Waals surface area contributed by atoms with Gasteiger partial charge in [0.15, 0.2) is 0 Å². The summed E-state index contributed by atoms with van der Waals surface area (Å²) in [6.45, 7) is 0.758. The van der Waals surface area contributed by atoms with Gasteiger partial charge in [-0.15, -0.1) is 0 Å². The maximum atomic E-state index is 11.1. The van der Waals surface area contributed by atoms with Gasteiger partial charge in [-0.25, -0.2) is 4.79 Å². The van der Waals surface area contributed by atoms with Crippen LogP contribution in [-0.2, 0) is 4.74 Å². The quantitative estimate of drug-likeness (QED) is 0.566. The molecule has 0 spiro atoms. The van der Waals surface area contributed by atoms with Crippen molar-refractivity contribution in [2.24, 2.45) is 5.92 Å². The highest BCUT2D eigenvalue weighted by atomic mass is 16.5. The van der Waals surface area contributed by atoms with Crippen LogP contribution in [0.2, 0.25) is 0 Å². The van der Waals surface area contributed by atoms with Gasteiger partial charge in [-0.05, 0) is 18.8 Å². The Hall–Kier alpha value is -0.770. The summed E-state index contributed by atoms with van der Waals surface area (Å²) in [4.78, 5) is 12.8. The van der Waals surface area contributed by atoms with Crippen molar-refractivity contribution in [3.8, 4) is 0 Å². The van der Waals surface area contributed by atoms with E-state index in [1.54, 1.807) is 4.90 Å². The van der Waals surface area contributed by atoms with E-state index in [-0.39, 0.29) is 18.2 Å². The van der Waals surface area contributed by atoms with Crippen molar-refractivity contribution in [1.82, 2.24) is 4.90 Å². The second-order valence-electron chi connectivity index (χ2n) is 3.59. The van der Waals surface area contributed by atoms with E-state index in [0.29, 0.717) is 5.92 Å². The van der Waals surface area contributed by atoms with Crippen LogP contribution >= 0.6 is 0 Å². The topological polar surface area (TPSA) is 49.8 Å². The molecule has 3 atom stereocenters. The van der Waals surface area contributed by atoms with Crippen LogP contribution in [0.3, 0.4) is 0 Å². The third kappa shape index (κ3) is 0.982. The van der Waals surface area contributed by atoms with E-state index in [4.69, 9.17) is 0 Å². The van der Waals surface area contributed by atoms with E-state index in [1.165, 1.54) is 7.11 Å². The summed E-state index contributed by atoms with van der Waals surface area (Å²) in [5.74, 6) is 0.490. The zero-order valence-corrected chi connectivity index (χ0v) is 7.06. The van der Waals surface area contributed by atoms with Crippen molar-refractivity contribution in [2.75, 3.05) is 13.7 Å². The first-order chi connectivity index (χ1) is 5.72. The Labute approximate surface area is 71.1 Å². The molecule has 1 heterocycles. The summed E-state index contributed by atoms with van der Waals surface area (Å²) in [6.07, 6.45) is 1.15. The van der Waals surface area contributed by atoms with Crippen LogP contribution in [0.1, 0.15) is 12.8 Å². The highest BCUT2D eigenvalue weighted by Gasteiger charge is 2.46. The number of hydrogen-bond donors (Lipinski definition) is 1. The number of ether oxygens (including phenoxy) is 1. The van der Waals surface area contributed by atoms with Crippen LogP contribution in [0.4, 0.5) is 4.79 Å². The molecule has 12 heavy (non-hydrogen) atoms. The predicted molar refractivity (Wildman–Crippen MR) is 41.6 cm³/mol. The minimum Gasteiger partial charge on any atom is -0.453 e. The minimum absolute atomic E-state index is 0.0162. The molecule has 1 saturated carbocycles. The van der Waals surface area contributed by atoms with Crippen LogP contribution in [-0.4, -0.2) is 41.9 Å². The van der Waals surface area contributed by atoms with Gasteiger partial charge >= 0.3 is 6.09 Å². The summed E-state index contributed by atoms with van der Waals surface area (Å²) in [7, 11) is 1.38. The fourth-order valence-electron chi connectivity index (χ4n) is 2.32. The maximum Gasteiger partial charge on any atom is 0.409 e. The van der Waals surface area contributed by atoms with Crippen molar-refractivity contribution in [3.63, 3.8) is 0 Å². The molecule has 1 amide bonds. The van der Waals surface area contributed by atoms with Gasteiger partial charge < -0.3 is 14.7 Å². The van der Waals surface area contributed by atoms with Gasteiger partial charge in [-0.2, -0.15) is 0 Å². The molecule has 2 aliphatic rings. The predicted octanol–water partition coefficient (Wildman–Crippen LogP) is 0.208. The van der Waals surface area contributed by atoms with E-state index >= 15 is 0 Å². The van der Waals surface area contributed by atoms with Crippen molar-refractivity contribution in [2.45, 2.75) is 25.0 Å². The Balaban J connectivity index is 2.07. The molecule has 2 fully saturated rings. The van der Waals surface area contributed by atoms with Crippen molar-refractivity contribution < 1.29 is 14.6 Å². The molecular weight excluding hydrogens is 158 g/mol. The lowest BCUT2D eigenvalue weighted by atomic mass is 10.1. The average Bonchev–Trinajstić information content (AvgIpc) is 2.60. The molecule has 1 aliphatic heterocycles. The lowest BCUT2D eigenvalue weighted by Crippen LogP contribution is -2.44. The molecule has 4 heteroatoms. The number of rotatable bonds is 0. The highest BCUT2D eigenvalue weighted by molar-refractivity contribution is 5.68. The van der Waals surface area contributed by atoms with Gasteiger partial charge in [-0.1, -0.05) is 0 Å². The van der Waals surface area contributed by atoms with Gasteiger partial charge in [-0.3, -0.25) is 0 Å². The number of carbonyl (C=O) groups excluding carboxylic acids is 1. The number of nitrogens with zero attached hydrogens (tertiary/aromatic N) is 1. The van der Waals surface area contributed by atoms with Crippen LogP contribution in [0.15, 0.2) is 0 Å². The Morgan fingerprint density at radius 1 is 1.58 bits per heavy atom. The number of fused-ring (bicyclic) bond motifs is 2. The molecular formula is C8H13NO3. The van der Waals surface area contributed by atoms with Gasteiger partial charge in [0.05, 0.1) is 19.3 Å². The number of piperidine rings is 1. The van der Waals surface area contributed by atoms with Gasteiger partial charge in [0.25, 0.3) is 0 Å². The summed E-state index contributed by atoms with van der Waals surface area (Å²) in [6, 6.07) is 0.0162. The SMILES string of the molecule is COC(=O)N1CC2CC(O)C1C2. The lowest BCUT2D eigenvalue weighted by Gasteiger charge is -2.28. The van der Waals surface area contributed by atoms with Crippen molar-refractivity contribution in [1.29, 1.82) is 0 Å². The number of aliphatic hydroxyl groups excluding tert-OH is 1. The van der Waals surface area contributed by atoms with Crippen LogP contribution in [0.5, 0.6) is 0 Å². The smallest absolute Gasteiger partial charge is 0.409 e. The standard InChI is InChI=1S/C8H13NO3/c1-12-8(11)9-4-5-2-6(9)7(10)3-5/h5-7,10H,2-4H2,1H3. The Morgan fingerprint density at radius 3 is 2.83 bits per heavy atom. The minimum atomic E-state index is -0.331. The summed E-state index contributed by atoms with van der Waals surface area (Å²) in [5.41, 5.74) is 0. The molecule has 0 radical (unpaired) electrons. The normalized spacial score (nSPS) is 38.8. The lowest BCUT2D eigenvalue weighted by molar-refractivity contribution is 0.0476. The Morgan fingerprint density at radius 2 is 2.33 bits per heavy atom. The first kappa shape index (κ1) is 7.86. The van der Waals surface area contributed by atoms with Crippen LogP contribution in [0, 0.1) is 5.92 Å². The largest absolute Gasteiger partial charge is 0.453 e. The summed E-state index contributed by atoms with van der Waals surface area (Å²) in [5, 5.41) is 9.48. The summed E-state index contributed by atoms with van der Waals surface area (Å²) < 4.78 is 4.61. The van der Waals surface area contributed by atoms with Crippen molar-refractivity contribution in [3.05, 3.63) is 0 Å². The zero-order chi connectivity index (χ0) is 8.72. The van der Waals surface area contributed by atoms with Crippen LogP contribution < -0.4 is 0 Å². The molecule has 3 unspecified atom stereocenters. The van der Waals surface area contributed by atoms with Crippen LogP contribution in [0.25, 0.3) is 0 Å². The second kappa shape index (κ2) is 2.62. The first-order valence-corrected chi connectivity index (χ1v) is 4.25. The molecule has 68 valence electrons. The average molecular weight is 171 g/mol. The number of likely N-dealkylation sites (tertiary alicyclic amines) is 1. The van der Waals surface area contributed by atoms with Gasteiger partial charge in [0, 0.05) is 6.54 Å². The molecule has 0 aromatic carbocycles. The maximum absolute atomic E-state index is 11.1. The van der Waals surface area contributed by atoms with Gasteiger partial charge in [0.2, 0.25) is 0 Å². The number of methoxy groups -OCH3 is 1. The van der Waals surface area contributed by atoms with E-state index < -0.39 is 0 Å². The second-order valence-corrected chi connectivity index (χ2v) is 3.59. The molecule has 4 nitrogen and oxygen atoms in total. The first-order valence-electron chi connectivity index (χ1n) is 4.25. The van der Waals surface area contributed by atoms with Gasteiger partial charge in [0.1, 0.15) is 0 Å². The van der Waals surface area contributed by atoms with Crippen molar-refractivity contribution >= 4 is 6.09 Å². The summed E-state index contributed by atoms with van der Waals surface area (Å²) >= 11 is 0. The molecule has 1 saturated heterocycles. The molecule has 0 aromatic rings. The van der Waals surface area contributed by atoms with E-state index in [1.807, 2.05) is 0 Å². The Bertz CT molecular complexity index is 206. The van der Waals surface area contributed by atoms with E-state index in [9.17, 15) is 9.90 Å². The molecule has 1 aliphatic carbocycles. The molecule has 2 rings (SSSR count). The fourth-order valence-corrected chi connectivity index (χ4v) is 2.32. The monoisotopic (exact) mass is 171 g/mol. The highest BCUT2D eigenvalue weighted by Crippen LogP contribution is 2.37. The van der Waals surface area contributed by atoms with E-state index in [2.05, 4.69) is 4.74 Å². The fraction of sp³-hybridized carbons (Fsp3) is 0.875. The third-order valence-electron chi connectivity index (χ3n) is 2.86.